The van der Waals surface area contributed by atoms with Crippen LogP contribution in [-0.4, -0.2) is 35.6 Å². The van der Waals surface area contributed by atoms with Crippen molar-refractivity contribution in [3.63, 3.8) is 0 Å². The molecule has 5 rings (SSSR count). The maximum atomic E-state index is 15.2. The molecular weight excluding hydrogens is 421 g/mol. The van der Waals surface area contributed by atoms with E-state index in [0.717, 1.165) is 61.4 Å². The molecule has 0 aliphatic heterocycles. The van der Waals surface area contributed by atoms with Gasteiger partial charge in [0.1, 0.15) is 12.1 Å². The normalized spacial score (nSPS) is 21.5. The first-order valence-electron chi connectivity index (χ1n) is 11.4. The van der Waals surface area contributed by atoms with Crippen molar-refractivity contribution in [1.29, 1.82) is 0 Å². The molecule has 0 amide bonds. The van der Waals surface area contributed by atoms with Gasteiger partial charge in [0, 0.05) is 46.5 Å². The number of anilines is 1. The Balaban J connectivity index is 1.66. The van der Waals surface area contributed by atoms with Crippen molar-refractivity contribution in [3.05, 3.63) is 47.9 Å². The molecule has 172 valence electrons. The van der Waals surface area contributed by atoms with Gasteiger partial charge in [0.15, 0.2) is 11.5 Å². The highest BCUT2D eigenvalue weighted by Crippen LogP contribution is 2.50. The summed E-state index contributed by atoms with van der Waals surface area (Å²) in [5, 5.41) is 14.4. The average Bonchev–Trinajstić information content (AvgIpc) is 3.62. The second kappa shape index (κ2) is 8.30. The molecule has 0 saturated heterocycles. The van der Waals surface area contributed by atoms with Crippen LogP contribution >= 0.6 is 0 Å². The lowest BCUT2D eigenvalue weighted by atomic mass is 9.89. The van der Waals surface area contributed by atoms with Gasteiger partial charge in [-0.2, -0.15) is 0 Å². The number of aromatic hydroxyl groups is 1. The topological polar surface area (TPSA) is 97.5 Å². The number of phenols is 1. The number of hydrogen-bond acceptors (Lipinski definition) is 6. The van der Waals surface area contributed by atoms with Crippen LogP contribution < -0.4 is 15.8 Å². The van der Waals surface area contributed by atoms with Crippen LogP contribution in [0.4, 0.5) is 10.1 Å². The standard InChI is InChI=1S/C26H28FN3O3/c1-33-24-10-15(2-7-23(24)32)18-11-19-22(12-21(18)27)29-13-20(26(14-31)8-9-26)25(19)30-17-5-3-16(28)4-6-17/h2,7,10-14,16-17,32H,3-6,8-9,28H2,1H3,(H,29,30). The summed E-state index contributed by atoms with van der Waals surface area (Å²) in [4.78, 5) is 16.5. The van der Waals surface area contributed by atoms with E-state index >= 15 is 4.39 Å². The minimum Gasteiger partial charge on any atom is -0.504 e. The van der Waals surface area contributed by atoms with Crippen LogP contribution in [0.5, 0.6) is 11.5 Å². The molecular formula is C26H28FN3O3. The van der Waals surface area contributed by atoms with E-state index in [-0.39, 0.29) is 23.6 Å². The summed E-state index contributed by atoms with van der Waals surface area (Å²) in [5.41, 5.74) is 8.80. The van der Waals surface area contributed by atoms with E-state index in [1.165, 1.54) is 19.2 Å². The lowest BCUT2D eigenvalue weighted by Crippen LogP contribution is -2.33. The first kappa shape index (κ1) is 21.6. The molecule has 1 heterocycles. The Hall–Kier alpha value is -3.19. The monoisotopic (exact) mass is 449 g/mol. The van der Waals surface area contributed by atoms with Gasteiger partial charge in [0.2, 0.25) is 0 Å². The highest BCUT2D eigenvalue weighted by Gasteiger charge is 2.46. The Kier molecular flexibility index (Phi) is 5.44. The van der Waals surface area contributed by atoms with Crippen molar-refractivity contribution in [2.75, 3.05) is 12.4 Å². The van der Waals surface area contributed by atoms with Gasteiger partial charge in [-0.25, -0.2) is 4.39 Å². The summed E-state index contributed by atoms with van der Waals surface area (Å²) in [6, 6.07) is 8.43. The minimum absolute atomic E-state index is 0.00841. The second-order valence-corrected chi connectivity index (χ2v) is 9.31. The molecule has 2 fully saturated rings. The van der Waals surface area contributed by atoms with Crippen molar-refractivity contribution >= 4 is 22.9 Å². The number of halogens is 1. The van der Waals surface area contributed by atoms with Crippen LogP contribution in [0.15, 0.2) is 36.5 Å². The molecule has 0 atom stereocenters. The van der Waals surface area contributed by atoms with Crippen molar-refractivity contribution in [3.8, 4) is 22.6 Å². The number of nitrogens with zero attached hydrogens (tertiary/aromatic N) is 1. The van der Waals surface area contributed by atoms with E-state index < -0.39 is 11.2 Å². The molecule has 6 nitrogen and oxygen atoms in total. The number of pyridine rings is 1. The van der Waals surface area contributed by atoms with Crippen molar-refractivity contribution in [2.24, 2.45) is 5.73 Å². The van der Waals surface area contributed by atoms with Gasteiger partial charge < -0.3 is 25.7 Å². The molecule has 2 saturated carbocycles. The number of hydrogen-bond donors (Lipinski definition) is 3. The van der Waals surface area contributed by atoms with E-state index in [1.807, 2.05) is 0 Å². The Morgan fingerprint density at radius 1 is 1.21 bits per heavy atom. The van der Waals surface area contributed by atoms with E-state index in [0.29, 0.717) is 16.6 Å². The van der Waals surface area contributed by atoms with Crippen LogP contribution in [0.25, 0.3) is 22.0 Å². The molecule has 2 aliphatic carbocycles. The number of rotatable bonds is 6. The van der Waals surface area contributed by atoms with Gasteiger partial charge in [-0.15, -0.1) is 0 Å². The van der Waals surface area contributed by atoms with Crippen molar-refractivity contribution in [2.45, 2.75) is 56.0 Å². The molecule has 2 aliphatic rings. The number of aldehydes is 1. The number of carbonyl (C=O) groups is 1. The lowest BCUT2D eigenvalue weighted by Gasteiger charge is -2.30. The zero-order chi connectivity index (χ0) is 23.2. The van der Waals surface area contributed by atoms with Gasteiger partial charge in [-0.05, 0) is 62.3 Å². The fraction of sp³-hybridized carbons (Fsp3) is 0.385. The Morgan fingerprint density at radius 2 is 1.97 bits per heavy atom. The number of nitrogens with one attached hydrogen (secondary N) is 1. The maximum absolute atomic E-state index is 15.2. The third-order valence-electron chi connectivity index (χ3n) is 7.12. The number of fused-ring (bicyclic) bond motifs is 1. The molecule has 2 aromatic carbocycles. The Morgan fingerprint density at radius 3 is 2.64 bits per heavy atom. The van der Waals surface area contributed by atoms with Crippen LogP contribution in [0.1, 0.15) is 44.1 Å². The fourth-order valence-electron chi connectivity index (χ4n) is 4.87. The molecule has 0 radical (unpaired) electrons. The van der Waals surface area contributed by atoms with Crippen LogP contribution in [0, 0.1) is 5.82 Å². The summed E-state index contributed by atoms with van der Waals surface area (Å²) in [7, 11) is 1.46. The fourth-order valence-corrected chi connectivity index (χ4v) is 4.87. The zero-order valence-electron chi connectivity index (χ0n) is 18.6. The molecule has 1 aromatic heterocycles. The Labute approximate surface area is 192 Å². The number of methoxy groups -OCH3 is 1. The highest BCUT2D eigenvalue weighted by atomic mass is 19.1. The Bertz CT molecular complexity index is 1220. The SMILES string of the molecule is COc1cc(-c2cc3c(NC4CCC(N)CC4)c(C4(C=O)CC4)cnc3cc2F)ccc1O. The van der Waals surface area contributed by atoms with Gasteiger partial charge in [-0.3, -0.25) is 4.98 Å². The molecule has 0 bridgehead atoms. The predicted octanol–water partition coefficient (Wildman–Crippen LogP) is 4.67. The number of aromatic nitrogens is 1. The number of carbonyl (C=O) groups excluding carboxylic acids is 1. The first-order chi connectivity index (χ1) is 15.9. The average molecular weight is 450 g/mol. The minimum atomic E-state index is -0.523. The molecule has 7 heteroatoms. The maximum Gasteiger partial charge on any atom is 0.161 e. The predicted molar refractivity (Wildman–Crippen MR) is 126 cm³/mol. The van der Waals surface area contributed by atoms with Crippen LogP contribution in [0.2, 0.25) is 0 Å². The quantitative estimate of drug-likeness (QED) is 0.473. The van der Waals surface area contributed by atoms with Gasteiger partial charge in [-0.1, -0.05) is 6.07 Å². The number of ether oxygens (including phenoxy) is 1. The largest absolute Gasteiger partial charge is 0.504 e. The summed E-state index contributed by atoms with van der Waals surface area (Å²) < 4.78 is 20.4. The molecule has 4 N–H and O–H groups in total. The van der Waals surface area contributed by atoms with Crippen molar-refractivity contribution in [1.82, 2.24) is 4.98 Å². The van der Waals surface area contributed by atoms with Crippen molar-refractivity contribution < 1.29 is 19.0 Å². The molecule has 0 spiro atoms. The summed E-state index contributed by atoms with van der Waals surface area (Å²) >= 11 is 0. The molecule has 33 heavy (non-hydrogen) atoms. The van der Waals surface area contributed by atoms with E-state index in [2.05, 4.69) is 10.3 Å². The van der Waals surface area contributed by atoms with Crippen LogP contribution in [0.3, 0.4) is 0 Å². The zero-order valence-corrected chi connectivity index (χ0v) is 18.6. The number of phenolic OH excluding ortho intramolecular Hbond substituents is 1. The van der Waals surface area contributed by atoms with E-state index in [1.54, 1.807) is 24.4 Å². The van der Waals surface area contributed by atoms with Crippen LogP contribution in [-0.2, 0) is 10.2 Å². The summed E-state index contributed by atoms with van der Waals surface area (Å²) in [5.74, 6) is -0.152. The number of benzene rings is 2. The highest BCUT2D eigenvalue weighted by molar-refractivity contribution is 5.98. The van der Waals surface area contributed by atoms with E-state index in [9.17, 15) is 9.90 Å². The molecule has 0 unspecified atom stereocenters. The smallest absolute Gasteiger partial charge is 0.161 e. The first-order valence-corrected chi connectivity index (χ1v) is 11.4. The molecule has 3 aromatic rings. The lowest BCUT2D eigenvalue weighted by molar-refractivity contribution is -0.109. The third kappa shape index (κ3) is 3.91. The van der Waals surface area contributed by atoms with E-state index in [4.69, 9.17) is 10.5 Å². The summed E-state index contributed by atoms with van der Waals surface area (Å²) in [6.45, 7) is 0. The second-order valence-electron chi connectivity index (χ2n) is 9.31. The third-order valence-corrected chi connectivity index (χ3v) is 7.12. The van der Waals surface area contributed by atoms with Gasteiger partial charge >= 0.3 is 0 Å². The van der Waals surface area contributed by atoms with Gasteiger partial charge in [0.05, 0.1) is 18.0 Å². The number of nitrogens with two attached hydrogens (primary N) is 1. The van der Waals surface area contributed by atoms with Gasteiger partial charge in [0.25, 0.3) is 0 Å². The summed E-state index contributed by atoms with van der Waals surface area (Å²) in [6.07, 6.45) is 8.11.